The lowest BCUT2D eigenvalue weighted by Crippen LogP contribution is -2.37. The van der Waals surface area contributed by atoms with E-state index < -0.39 is 0 Å². The van der Waals surface area contributed by atoms with Gasteiger partial charge in [0.1, 0.15) is 0 Å². The Morgan fingerprint density at radius 3 is 2.92 bits per heavy atom. The number of ether oxygens (including phenoxy) is 1. The van der Waals surface area contributed by atoms with Gasteiger partial charge in [0.15, 0.2) is 0 Å². The van der Waals surface area contributed by atoms with Gasteiger partial charge in [-0.3, -0.25) is 0 Å². The Bertz CT molecular complexity index is 127. The van der Waals surface area contributed by atoms with E-state index in [4.69, 9.17) is 4.74 Å². The molecule has 0 radical (unpaired) electrons. The van der Waals surface area contributed by atoms with Gasteiger partial charge < -0.3 is 10.1 Å². The van der Waals surface area contributed by atoms with Crippen LogP contribution in [0.3, 0.4) is 0 Å². The fourth-order valence-corrected chi connectivity index (χ4v) is 2.03. The minimum Gasteiger partial charge on any atom is -0.381 e. The van der Waals surface area contributed by atoms with E-state index in [-0.39, 0.29) is 0 Å². The maximum atomic E-state index is 5.39. The zero-order valence-electron chi connectivity index (χ0n) is 9.01. The number of unbranched alkanes of at least 4 members (excludes halogenated alkanes) is 1. The van der Waals surface area contributed by atoms with Crippen molar-refractivity contribution in [2.45, 2.75) is 57.6 Å². The molecule has 78 valence electrons. The smallest absolute Gasteiger partial charge is 0.0586 e. The van der Waals surface area contributed by atoms with Crippen molar-refractivity contribution in [3.8, 4) is 0 Å². The first-order chi connectivity index (χ1) is 6.36. The molecule has 0 saturated heterocycles. The van der Waals surface area contributed by atoms with Crippen molar-refractivity contribution >= 4 is 0 Å². The fraction of sp³-hybridized carbons (Fsp3) is 1.00. The summed E-state index contributed by atoms with van der Waals surface area (Å²) in [6.45, 7) is 3.41. The van der Waals surface area contributed by atoms with Crippen molar-refractivity contribution in [2.75, 3.05) is 13.7 Å². The molecule has 2 heteroatoms. The Hall–Kier alpha value is -0.0800. The molecule has 1 fully saturated rings. The van der Waals surface area contributed by atoms with E-state index in [1.165, 1.54) is 45.1 Å². The molecule has 0 aromatic rings. The second-order valence-corrected chi connectivity index (χ2v) is 4.03. The van der Waals surface area contributed by atoms with Crippen LogP contribution in [0.1, 0.15) is 45.4 Å². The Morgan fingerprint density at radius 1 is 1.38 bits per heavy atom. The van der Waals surface area contributed by atoms with Crippen LogP contribution in [0.15, 0.2) is 0 Å². The standard InChI is InChI=1S/C11H23NO/c1-3-4-8-12-10-6-5-7-11(9-10)13-2/h10-12H,3-9H2,1-2H3. The molecule has 2 unspecified atom stereocenters. The van der Waals surface area contributed by atoms with E-state index in [0.29, 0.717) is 12.1 Å². The highest BCUT2D eigenvalue weighted by Gasteiger charge is 2.20. The van der Waals surface area contributed by atoms with Crippen LogP contribution in [0.2, 0.25) is 0 Å². The summed E-state index contributed by atoms with van der Waals surface area (Å²) in [5.74, 6) is 0. The van der Waals surface area contributed by atoms with Crippen molar-refractivity contribution in [1.82, 2.24) is 5.32 Å². The van der Waals surface area contributed by atoms with Gasteiger partial charge in [0.25, 0.3) is 0 Å². The van der Waals surface area contributed by atoms with Gasteiger partial charge in [-0.05, 0) is 38.6 Å². The second-order valence-electron chi connectivity index (χ2n) is 4.03. The first-order valence-electron chi connectivity index (χ1n) is 5.63. The van der Waals surface area contributed by atoms with Gasteiger partial charge in [-0.25, -0.2) is 0 Å². The van der Waals surface area contributed by atoms with Crippen molar-refractivity contribution in [1.29, 1.82) is 0 Å². The van der Waals surface area contributed by atoms with E-state index in [0.717, 1.165) is 0 Å². The molecule has 0 aromatic carbocycles. The SMILES string of the molecule is CCCCNC1CCCC(OC)C1. The highest BCUT2D eigenvalue weighted by atomic mass is 16.5. The Kier molecular flexibility index (Phi) is 5.40. The predicted molar refractivity (Wildman–Crippen MR) is 56.0 cm³/mol. The number of methoxy groups -OCH3 is 1. The summed E-state index contributed by atoms with van der Waals surface area (Å²) >= 11 is 0. The van der Waals surface area contributed by atoms with Crippen LogP contribution >= 0.6 is 0 Å². The molecule has 0 aliphatic heterocycles. The van der Waals surface area contributed by atoms with E-state index in [9.17, 15) is 0 Å². The average molecular weight is 185 g/mol. The van der Waals surface area contributed by atoms with E-state index in [2.05, 4.69) is 12.2 Å². The molecule has 1 N–H and O–H groups in total. The van der Waals surface area contributed by atoms with E-state index in [1.807, 2.05) is 7.11 Å². The van der Waals surface area contributed by atoms with Crippen LogP contribution in [-0.2, 0) is 4.74 Å². The van der Waals surface area contributed by atoms with Crippen molar-refractivity contribution in [2.24, 2.45) is 0 Å². The topological polar surface area (TPSA) is 21.3 Å². The average Bonchev–Trinajstić information content (AvgIpc) is 2.19. The van der Waals surface area contributed by atoms with Crippen LogP contribution in [0.5, 0.6) is 0 Å². The third-order valence-corrected chi connectivity index (χ3v) is 2.92. The molecule has 1 saturated carbocycles. The maximum absolute atomic E-state index is 5.39. The van der Waals surface area contributed by atoms with Gasteiger partial charge in [0.05, 0.1) is 6.10 Å². The minimum absolute atomic E-state index is 0.507. The number of hydrogen-bond acceptors (Lipinski definition) is 2. The number of rotatable bonds is 5. The third-order valence-electron chi connectivity index (χ3n) is 2.92. The highest BCUT2D eigenvalue weighted by molar-refractivity contribution is 4.77. The molecule has 0 spiro atoms. The molecular weight excluding hydrogens is 162 g/mol. The van der Waals surface area contributed by atoms with Crippen LogP contribution < -0.4 is 5.32 Å². The maximum Gasteiger partial charge on any atom is 0.0586 e. The summed E-state index contributed by atoms with van der Waals surface area (Å²) in [4.78, 5) is 0. The first-order valence-corrected chi connectivity index (χ1v) is 5.63. The summed E-state index contributed by atoms with van der Waals surface area (Å²) in [6.07, 6.45) is 8.21. The van der Waals surface area contributed by atoms with Gasteiger partial charge in [-0.1, -0.05) is 13.3 Å². The van der Waals surface area contributed by atoms with Crippen LogP contribution in [0.25, 0.3) is 0 Å². The summed E-state index contributed by atoms with van der Waals surface area (Å²) in [7, 11) is 1.83. The largest absolute Gasteiger partial charge is 0.381 e. The predicted octanol–water partition coefficient (Wildman–Crippen LogP) is 2.33. The summed E-state index contributed by atoms with van der Waals surface area (Å²) in [5, 5.41) is 3.61. The number of nitrogens with one attached hydrogen (secondary N) is 1. The quantitative estimate of drug-likeness (QED) is 0.664. The van der Waals surface area contributed by atoms with Gasteiger partial charge in [0.2, 0.25) is 0 Å². The molecule has 0 heterocycles. The van der Waals surface area contributed by atoms with Gasteiger partial charge >= 0.3 is 0 Å². The van der Waals surface area contributed by atoms with Gasteiger partial charge in [-0.2, -0.15) is 0 Å². The molecular formula is C11H23NO. The Morgan fingerprint density at radius 2 is 2.23 bits per heavy atom. The zero-order valence-corrected chi connectivity index (χ0v) is 9.01. The Labute approximate surface area is 82.0 Å². The molecule has 1 aliphatic carbocycles. The van der Waals surface area contributed by atoms with Crippen LogP contribution in [0, 0.1) is 0 Å². The summed E-state index contributed by atoms with van der Waals surface area (Å²) < 4.78 is 5.39. The lowest BCUT2D eigenvalue weighted by molar-refractivity contribution is 0.0589. The van der Waals surface area contributed by atoms with E-state index in [1.54, 1.807) is 0 Å². The lowest BCUT2D eigenvalue weighted by atomic mass is 9.93. The summed E-state index contributed by atoms with van der Waals surface area (Å²) in [5.41, 5.74) is 0. The van der Waals surface area contributed by atoms with Gasteiger partial charge in [-0.15, -0.1) is 0 Å². The molecule has 0 bridgehead atoms. The molecule has 0 aromatic heterocycles. The molecule has 2 atom stereocenters. The van der Waals surface area contributed by atoms with Gasteiger partial charge in [0, 0.05) is 13.2 Å². The third kappa shape index (κ3) is 4.10. The van der Waals surface area contributed by atoms with Crippen molar-refractivity contribution in [3.63, 3.8) is 0 Å². The second kappa shape index (κ2) is 6.39. The molecule has 0 amide bonds. The van der Waals surface area contributed by atoms with Crippen molar-refractivity contribution in [3.05, 3.63) is 0 Å². The van der Waals surface area contributed by atoms with Crippen LogP contribution in [0.4, 0.5) is 0 Å². The lowest BCUT2D eigenvalue weighted by Gasteiger charge is -2.28. The molecule has 2 nitrogen and oxygen atoms in total. The minimum atomic E-state index is 0.507. The Balaban J connectivity index is 2.11. The number of hydrogen-bond donors (Lipinski definition) is 1. The fourth-order valence-electron chi connectivity index (χ4n) is 2.03. The van der Waals surface area contributed by atoms with Crippen molar-refractivity contribution < 1.29 is 4.74 Å². The molecule has 1 rings (SSSR count). The molecule has 1 aliphatic rings. The monoisotopic (exact) mass is 185 g/mol. The van der Waals surface area contributed by atoms with Crippen LogP contribution in [-0.4, -0.2) is 25.8 Å². The zero-order chi connectivity index (χ0) is 9.52. The van der Waals surface area contributed by atoms with E-state index >= 15 is 0 Å². The normalized spacial score (nSPS) is 29.1. The molecule has 13 heavy (non-hydrogen) atoms. The first kappa shape index (κ1) is 11.0. The summed E-state index contributed by atoms with van der Waals surface area (Å²) in [6, 6.07) is 0.713. The highest BCUT2D eigenvalue weighted by Crippen LogP contribution is 2.20.